The minimum absolute atomic E-state index is 0.188. The lowest BCUT2D eigenvalue weighted by molar-refractivity contribution is -0.00746. The van der Waals surface area contributed by atoms with Gasteiger partial charge in [0.15, 0.2) is 0 Å². The zero-order valence-electron chi connectivity index (χ0n) is 12.9. The summed E-state index contributed by atoms with van der Waals surface area (Å²) in [6, 6.07) is 9.71. The summed E-state index contributed by atoms with van der Waals surface area (Å²) in [5.41, 5.74) is 9.52. The minimum atomic E-state index is 0.188. The van der Waals surface area contributed by atoms with Gasteiger partial charge in [-0.1, -0.05) is 30.7 Å². The van der Waals surface area contributed by atoms with Crippen LogP contribution in [-0.4, -0.2) is 54.1 Å². The number of hydrogen-bond donors (Lipinski definition) is 1. The Kier molecular flexibility index (Phi) is 3.52. The van der Waals surface area contributed by atoms with Gasteiger partial charge in [-0.15, -0.1) is 0 Å². The molecule has 2 N–H and O–H groups in total. The summed E-state index contributed by atoms with van der Waals surface area (Å²) in [6.45, 7) is 5.76. The molecule has 114 valence electrons. The number of piperazine rings is 1. The van der Waals surface area contributed by atoms with Crippen molar-refractivity contribution in [3.8, 4) is 0 Å². The highest BCUT2D eigenvalue weighted by Crippen LogP contribution is 2.36. The molecule has 1 aliphatic carbocycles. The maximum atomic E-state index is 6.29. The minimum Gasteiger partial charge on any atom is -0.329 e. The molecule has 2 fully saturated rings. The number of piperidine rings is 1. The second-order valence-electron chi connectivity index (χ2n) is 7.18. The molecule has 2 saturated heterocycles. The van der Waals surface area contributed by atoms with Gasteiger partial charge in [-0.3, -0.25) is 9.80 Å². The standard InChI is InChI=1S/C18H27N3/c19-14-18(11-15-5-1-2-6-16(15)12-18)21-10-9-20-8-4-3-7-17(20)13-21/h1-2,5-6,17H,3-4,7-14,19H2. The third-order valence-corrected chi connectivity index (χ3v) is 6.05. The molecule has 0 amide bonds. The van der Waals surface area contributed by atoms with E-state index >= 15 is 0 Å². The van der Waals surface area contributed by atoms with Gasteiger partial charge in [-0.2, -0.15) is 0 Å². The molecule has 1 aromatic carbocycles. The van der Waals surface area contributed by atoms with E-state index in [4.69, 9.17) is 5.73 Å². The molecule has 2 heterocycles. The molecule has 2 aliphatic heterocycles. The smallest absolute Gasteiger partial charge is 0.0413 e. The van der Waals surface area contributed by atoms with Gasteiger partial charge in [0, 0.05) is 37.8 Å². The van der Waals surface area contributed by atoms with Gasteiger partial charge in [0.25, 0.3) is 0 Å². The van der Waals surface area contributed by atoms with Crippen LogP contribution in [0.2, 0.25) is 0 Å². The molecule has 4 rings (SSSR count). The molecule has 3 nitrogen and oxygen atoms in total. The number of rotatable bonds is 2. The highest BCUT2D eigenvalue weighted by molar-refractivity contribution is 5.36. The zero-order valence-corrected chi connectivity index (χ0v) is 12.9. The summed E-state index contributed by atoms with van der Waals surface area (Å²) >= 11 is 0. The zero-order chi connectivity index (χ0) is 14.3. The van der Waals surface area contributed by atoms with Crippen molar-refractivity contribution >= 4 is 0 Å². The Balaban J connectivity index is 1.55. The Hall–Kier alpha value is -0.900. The monoisotopic (exact) mass is 285 g/mol. The fourth-order valence-corrected chi connectivity index (χ4v) is 4.76. The quantitative estimate of drug-likeness (QED) is 0.897. The third-order valence-electron chi connectivity index (χ3n) is 6.05. The van der Waals surface area contributed by atoms with Crippen molar-refractivity contribution in [3.05, 3.63) is 35.4 Å². The van der Waals surface area contributed by atoms with E-state index in [0.29, 0.717) is 0 Å². The molecule has 3 heteroatoms. The molecular weight excluding hydrogens is 258 g/mol. The lowest BCUT2D eigenvalue weighted by Crippen LogP contribution is -2.64. The second-order valence-corrected chi connectivity index (χ2v) is 7.18. The molecule has 1 atom stereocenters. The summed E-state index contributed by atoms with van der Waals surface area (Å²) in [7, 11) is 0. The number of benzene rings is 1. The Morgan fingerprint density at radius 3 is 2.52 bits per heavy atom. The summed E-state index contributed by atoms with van der Waals surface area (Å²) in [5.74, 6) is 0. The van der Waals surface area contributed by atoms with E-state index in [9.17, 15) is 0 Å². The largest absolute Gasteiger partial charge is 0.329 e. The van der Waals surface area contributed by atoms with Crippen LogP contribution in [0.15, 0.2) is 24.3 Å². The van der Waals surface area contributed by atoms with Gasteiger partial charge < -0.3 is 5.73 Å². The molecule has 3 aliphatic rings. The van der Waals surface area contributed by atoms with Gasteiger partial charge >= 0.3 is 0 Å². The van der Waals surface area contributed by atoms with Crippen LogP contribution in [0.3, 0.4) is 0 Å². The molecule has 21 heavy (non-hydrogen) atoms. The first kappa shape index (κ1) is 13.7. The van der Waals surface area contributed by atoms with Crippen molar-refractivity contribution in [1.29, 1.82) is 0 Å². The van der Waals surface area contributed by atoms with E-state index in [0.717, 1.165) is 25.4 Å². The Bertz CT molecular complexity index is 488. The molecule has 0 saturated carbocycles. The normalized spacial score (nSPS) is 29.1. The molecule has 0 spiro atoms. The van der Waals surface area contributed by atoms with Crippen molar-refractivity contribution < 1.29 is 0 Å². The highest BCUT2D eigenvalue weighted by Gasteiger charge is 2.44. The van der Waals surface area contributed by atoms with Gasteiger partial charge in [-0.05, 0) is 43.4 Å². The van der Waals surface area contributed by atoms with Crippen LogP contribution < -0.4 is 5.73 Å². The molecule has 1 aromatic rings. The van der Waals surface area contributed by atoms with Crippen molar-refractivity contribution in [2.45, 2.75) is 43.7 Å². The molecular formula is C18H27N3. The van der Waals surface area contributed by atoms with Crippen LogP contribution in [0, 0.1) is 0 Å². The first-order chi connectivity index (χ1) is 10.3. The SMILES string of the molecule is NCC1(N2CCN3CCCCC3C2)Cc2ccccc2C1. The number of hydrogen-bond acceptors (Lipinski definition) is 3. The van der Waals surface area contributed by atoms with Gasteiger partial charge in [-0.25, -0.2) is 0 Å². The van der Waals surface area contributed by atoms with Crippen LogP contribution in [-0.2, 0) is 12.8 Å². The lowest BCUT2D eigenvalue weighted by atomic mass is 9.89. The lowest BCUT2D eigenvalue weighted by Gasteiger charge is -2.50. The number of nitrogens with two attached hydrogens (primary N) is 1. The molecule has 0 aromatic heterocycles. The van der Waals surface area contributed by atoms with Gasteiger partial charge in [0.1, 0.15) is 0 Å². The van der Waals surface area contributed by atoms with E-state index < -0.39 is 0 Å². The average Bonchev–Trinajstić information content (AvgIpc) is 2.94. The highest BCUT2D eigenvalue weighted by atomic mass is 15.3. The topological polar surface area (TPSA) is 32.5 Å². The predicted octanol–water partition coefficient (Wildman–Crippen LogP) is 1.65. The molecule has 0 bridgehead atoms. The Labute approximate surface area is 128 Å². The number of fused-ring (bicyclic) bond motifs is 2. The number of nitrogens with zero attached hydrogens (tertiary/aromatic N) is 2. The summed E-state index contributed by atoms with van der Waals surface area (Å²) in [6.07, 6.45) is 6.47. The maximum Gasteiger partial charge on any atom is 0.0413 e. The van der Waals surface area contributed by atoms with Crippen LogP contribution in [0.1, 0.15) is 30.4 Å². The van der Waals surface area contributed by atoms with Crippen molar-refractivity contribution in [2.75, 3.05) is 32.7 Å². The fraction of sp³-hybridized carbons (Fsp3) is 0.667. The maximum absolute atomic E-state index is 6.29. The Morgan fingerprint density at radius 1 is 1.05 bits per heavy atom. The van der Waals surface area contributed by atoms with Crippen LogP contribution >= 0.6 is 0 Å². The van der Waals surface area contributed by atoms with Crippen LogP contribution in [0.25, 0.3) is 0 Å². The van der Waals surface area contributed by atoms with Crippen molar-refractivity contribution in [1.82, 2.24) is 9.80 Å². The van der Waals surface area contributed by atoms with Crippen LogP contribution in [0.5, 0.6) is 0 Å². The Morgan fingerprint density at radius 2 is 1.81 bits per heavy atom. The van der Waals surface area contributed by atoms with E-state index in [-0.39, 0.29) is 5.54 Å². The first-order valence-corrected chi connectivity index (χ1v) is 8.57. The summed E-state index contributed by atoms with van der Waals surface area (Å²) in [4.78, 5) is 5.45. The van der Waals surface area contributed by atoms with Gasteiger partial charge in [0.05, 0.1) is 0 Å². The molecule has 0 radical (unpaired) electrons. The average molecular weight is 285 g/mol. The summed E-state index contributed by atoms with van der Waals surface area (Å²) in [5, 5.41) is 0. The molecule has 1 unspecified atom stereocenters. The van der Waals surface area contributed by atoms with Gasteiger partial charge in [0.2, 0.25) is 0 Å². The fourth-order valence-electron chi connectivity index (χ4n) is 4.76. The van der Waals surface area contributed by atoms with E-state index in [2.05, 4.69) is 34.1 Å². The van der Waals surface area contributed by atoms with Crippen molar-refractivity contribution in [2.24, 2.45) is 5.73 Å². The first-order valence-electron chi connectivity index (χ1n) is 8.57. The second kappa shape index (κ2) is 5.38. The van der Waals surface area contributed by atoms with Crippen LogP contribution in [0.4, 0.5) is 0 Å². The van der Waals surface area contributed by atoms with E-state index in [1.807, 2.05) is 0 Å². The predicted molar refractivity (Wildman–Crippen MR) is 86.4 cm³/mol. The van der Waals surface area contributed by atoms with E-state index in [1.165, 1.54) is 56.6 Å². The third kappa shape index (κ3) is 2.32. The van der Waals surface area contributed by atoms with Crippen molar-refractivity contribution in [3.63, 3.8) is 0 Å². The summed E-state index contributed by atoms with van der Waals surface area (Å²) < 4.78 is 0. The van der Waals surface area contributed by atoms with E-state index in [1.54, 1.807) is 0 Å².